The summed E-state index contributed by atoms with van der Waals surface area (Å²) in [4.78, 5) is 29.8. The van der Waals surface area contributed by atoms with Crippen LogP contribution in [-0.2, 0) is 16.0 Å². The molecule has 0 atom stereocenters. The number of nitrogens with zero attached hydrogens (tertiary/aromatic N) is 3. The zero-order chi connectivity index (χ0) is 19.1. The lowest BCUT2D eigenvalue weighted by atomic mass is 9.88. The Morgan fingerprint density at radius 3 is 2.48 bits per heavy atom. The van der Waals surface area contributed by atoms with Crippen LogP contribution in [0.3, 0.4) is 0 Å². The van der Waals surface area contributed by atoms with Crippen LogP contribution in [0.1, 0.15) is 44.1 Å². The smallest absolute Gasteiger partial charge is 0.425 e. The van der Waals surface area contributed by atoms with Crippen molar-refractivity contribution in [1.82, 2.24) is 14.3 Å². The molecule has 0 radical (unpaired) electrons. The average molecular weight is 396 g/mol. The topological polar surface area (TPSA) is 72.0 Å². The van der Waals surface area contributed by atoms with E-state index in [1.807, 2.05) is 0 Å². The highest BCUT2D eigenvalue weighted by Crippen LogP contribution is 2.27. The number of aromatic nitrogens is 1. The van der Waals surface area contributed by atoms with Crippen LogP contribution >= 0.6 is 11.8 Å². The molecule has 0 aromatic carbocycles. The third-order valence-corrected chi connectivity index (χ3v) is 5.39. The summed E-state index contributed by atoms with van der Waals surface area (Å²) < 4.78 is 12.0. The van der Waals surface area contributed by atoms with Crippen molar-refractivity contribution in [1.29, 1.82) is 0 Å². The van der Waals surface area contributed by atoms with Crippen molar-refractivity contribution in [2.24, 2.45) is 5.92 Å². The van der Waals surface area contributed by atoms with Gasteiger partial charge in [-0.05, 0) is 62.1 Å². The monoisotopic (exact) mass is 395 g/mol. The first-order chi connectivity index (χ1) is 13.1. The Hall–Kier alpha value is -2.02. The van der Waals surface area contributed by atoms with E-state index in [-0.39, 0.29) is 18.7 Å². The Labute approximate surface area is 164 Å². The average Bonchev–Trinajstić information content (AvgIpc) is 3.23. The van der Waals surface area contributed by atoms with Gasteiger partial charge in [0.2, 0.25) is 0 Å². The zero-order valence-electron chi connectivity index (χ0n) is 15.4. The molecule has 3 rings (SSSR count). The number of amides is 2. The van der Waals surface area contributed by atoms with E-state index in [0.29, 0.717) is 12.5 Å². The second-order valence-corrected chi connectivity index (χ2v) is 7.58. The maximum absolute atomic E-state index is 12.1. The van der Waals surface area contributed by atoms with Gasteiger partial charge in [-0.1, -0.05) is 0 Å². The highest BCUT2D eigenvalue weighted by atomic mass is 35.5. The summed E-state index contributed by atoms with van der Waals surface area (Å²) in [5.74, 6) is 0.329. The van der Waals surface area contributed by atoms with Gasteiger partial charge in [-0.3, -0.25) is 4.98 Å². The van der Waals surface area contributed by atoms with Crippen LogP contribution in [0.25, 0.3) is 0 Å². The van der Waals surface area contributed by atoms with Crippen molar-refractivity contribution in [3.8, 4) is 0 Å². The minimum absolute atomic E-state index is 0.137. The number of rotatable bonds is 5. The molecule has 148 valence electrons. The number of halogens is 1. The lowest BCUT2D eigenvalue weighted by molar-refractivity contribution is 0.0359. The fourth-order valence-electron chi connectivity index (χ4n) is 3.51. The summed E-state index contributed by atoms with van der Waals surface area (Å²) in [6.07, 6.45) is 7.83. The number of likely N-dealkylation sites (tertiary alicyclic amines) is 1. The molecule has 8 heteroatoms. The molecule has 7 nitrogen and oxygen atoms in total. The summed E-state index contributed by atoms with van der Waals surface area (Å²) in [6.45, 7) is 2.32. The summed E-state index contributed by atoms with van der Waals surface area (Å²) >= 11 is 6.04. The molecule has 27 heavy (non-hydrogen) atoms. The van der Waals surface area contributed by atoms with Crippen LogP contribution in [0.15, 0.2) is 24.5 Å². The van der Waals surface area contributed by atoms with E-state index in [2.05, 4.69) is 4.98 Å². The second-order valence-electron chi connectivity index (χ2n) is 7.17. The fraction of sp³-hybridized carbons (Fsp3) is 0.632. The summed E-state index contributed by atoms with van der Waals surface area (Å²) in [5, 5.41) is 0. The molecule has 1 aliphatic carbocycles. The van der Waals surface area contributed by atoms with Gasteiger partial charge in [0.1, 0.15) is 6.10 Å². The first-order valence-electron chi connectivity index (χ1n) is 9.56. The number of hydrogen-bond donors (Lipinski definition) is 0. The van der Waals surface area contributed by atoms with Gasteiger partial charge in [0.05, 0.1) is 13.2 Å². The Morgan fingerprint density at radius 2 is 1.81 bits per heavy atom. The van der Waals surface area contributed by atoms with E-state index < -0.39 is 6.09 Å². The van der Waals surface area contributed by atoms with Crippen molar-refractivity contribution < 1.29 is 19.1 Å². The minimum atomic E-state index is -0.530. The number of hydrogen-bond acceptors (Lipinski definition) is 5. The molecular formula is C19H26ClN3O4. The molecule has 2 heterocycles. The van der Waals surface area contributed by atoms with E-state index in [0.717, 1.165) is 61.6 Å². The van der Waals surface area contributed by atoms with Crippen molar-refractivity contribution in [3.05, 3.63) is 30.1 Å². The number of carbonyl (C=O) groups is 2. The Bertz CT molecular complexity index is 617. The molecule has 1 saturated carbocycles. The van der Waals surface area contributed by atoms with Crippen molar-refractivity contribution in [3.63, 3.8) is 0 Å². The molecule has 1 aromatic heterocycles. The predicted octanol–water partition coefficient (Wildman–Crippen LogP) is 3.97. The van der Waals surface area contributed by atoms with E-state index in [4.69, 9.17) is 21.3 Å². The third kappa shape index (κ3) is 5.99. The van der Waals surface area contributed by atoms with Gasteiger partial charge in [-0.2, -0.15) is 0 Å². The molecular weight excluding hydrogens is 370 g/mol. The van der Waals surface area contributed by atoms with Crippen LogP contribution in [0.5, 0.6) is 0 Å². The highest BCUT2D eigenvalue weighted by Gasteiger charge is 2.27. The molecule has 0 spiro atoms. The number of ether oxygens (including phenoxy) is 2. The van der Waals surface area contributed by atoms with Crippen molar-refractivity contribution in [2.75, 3.05) is 19.7 Å². The highest BCUT2D eigenvalue weighted by molar-refractivity contribution is 6.20. The Kier molecular flexibility index (Phi) is 7.15. The zero-order valence-corrected chi connectivity index (χ0v) is 16.1. The number of carbonyl (C=O) groups excluding carboxylic acids is 2. The summed E-state index contributed by atoms with van der Waals surface area (Å²) in [5.41, 5.74) is 0.889. The number of pyridine rings is 1. The normalized spacial score (nSPS) is 22.3. The van der Waals surface area contributed by atoms with Crippen LogP contribution < -0.4 is 0 Å². The first-order valence-corrected chi connectivity index (χ1v) is 9.90. The molecule has 2 fully saturated rings. The quantitative estimate of drug-likeness (QED) is 0.705. The minimum Gasteiger partial charge on any atom is -0.449 e. The summed E-state index contributed by atoms with van der Waals surface area (Å²) in [6, 6.07) is 3.61. The molecule has 2 aliphatic rings. The molecule has 1 aromatic rings. The lowest BCUT2D eigenvalue weighted by Gasteiger charge is -2.29. The Morgan fingerprint density at radius 1 is 1.15 bits per heavy atom. The van der Waals surface area contributed by atoms with E-state index in [9.17, 15) is 9.59 Å². The summed E-state index contributed by atoms with van der Waals surface area (Å²) in [7, 11) is 0. The second kappa shape index (κ2) is 9.78. The first kappa shape index (κ1) is 19.7. The molecule has 0 bridgehead atoms. The predicted molar refractivity (Wildman–Crippen MR) is 100 cm³/mol. The molecule has 0 N–H and O–H groups in total. The van der Waals surface area contributed by atoms with Gasteiger partial charge < -0.3 is 14.4 Å². The molecule has 2 amide bonds. The van der Waals surface area contributed by atoms with Gasteiger partial charge in [0, 0.05) is 37.3 Å². The van der Waals surface area contributed by atoms with Gasteiger partial charge in [-0.25, -0.2) is 14.0 Å². The SMILES string of the molecule is O=C(OC1CCC(COC(=O)N2CCCC2)CC1)N(Cl)Cc1ccncc1. The molecule has 1 aliphatic heterocycles. The lowest BCUT2D eigenvalue weighted by Crippen LogP contribution is -2.33. The van der Waals surface area contributed by atoms with E-state index in [1.165, 1.54) is 0 Å². The van der Waals surface area contributed by atoms with Crippen LogP contribution in [0.4, 0.5) is 9.59 Å². The maximum Gasteiger partial charge on any atom is 0.425 e. The third-order valence-electron chi connectivity index (χ3n) is 5.14. The van der Waals surface area contributed by atoms with Gasteiger partial charge in [0.15, 0.2) is 0 Å². The Balaban J connectivity index is 1.33. The molecule has 0 unspecified atom stereocenters. The van der Waals surface area contributed by atoms with E-state index in [1.54, 1.807) is 29.4 Å². The van der Waals surface area contributed by atoms with Gasteiger partial charge in [-0.15, -0.1) is 0 Å². The van der Waals surface area contributed by atoms with Crippen molar-refractivity contribution in [2.45, 2.75) is 51.2 Å². The molecule has 1 saturated heterocycles. The van der Waals surface area contributed by atoms with Crippen LogP contribution in [0.2, 0.25) is 0 Å². The van der Waals surface area contributed by atoms with Gasteiger partial charge in [0.25, 0.3) is 0 Å². The maximum atomic E-state index is 12.1. The van der Waals surface area contributed by atoms with E-state index >= 15 is 0 Å². The standard InChI is InChI=1S/C19H26ClN3O4/c20-23(13-15-7-9-21-10-8-15)19(25)27-17-5-3-16(4-6-17)14-26-18(24)22-11-1-2-12-22/h7-10,16-17H,1-6,11-14H2. The van der Waals surface area contributed by atoms with Crippen LogP contribution in [-0.4, -0.2) is 52.3 Å². The van der Waals surface area contributed by atoms with Crippen molar-refractivity contribution >= 4 is 24.0 Å². The van der Waals surface area contributed by atoms with Gasteiger partial charge >= 0.3 is 12.2 Å². The fourth-order valence-corrected chi connectivity index (χ4v) is 3.69. The largest absolute Gasteiger partial charge is 0.449 e. The van der Waals surface area contributed by atoms with Crippen LogP contribution in [0, 0.1) is 5.92 Å².